The maximum Gasteiger partial charge on any atom is 0.323 e. The first kappa shape index (κ1) is 21.2. The predicted molar refractivity (Wildman–Crippen MR) is 114 cm³/mol. The van der Waals surface area contributed by atoms with Crippen molar-refractivity contribution < 1.29 is 19.1 Å². The highest BCUT2D eigenvalue weighted by Crippen LogP contribution is 2.65. The van der Waals surface area contributed by atoms with Crippen molar-refractivity contribution >= 4 is 17.5 Å². The molecule has 5 heteroatoms. The average Bonchev–Trinajstić information content (AvgIpc) is 2.96. The van der Waals surface area contributed by atoms with E-state index >= 15 is 0 Å². The Hall–Kier alpha value is -2.01. The van der Waals surface area contributed by atoms with Gasteiger partial charge in [-0.3, -0.25) is 14.4 Å². The molecule has 0 amide bonds. The third-order valence-electron chi connectivity index (χ3n) is 8.36. The number of nitrogens with two attached hydrogens (primary N) is 1. The first-order valence-corrected chi connectivity index (χ1v) is 11.2. The molecule has 0 aromatic heterocycles. The van der Waals surface area contributed by atoms with Crippen molar-refractivity contribution in [3.63, 3.8) is 0 Å². The molecular weight excluding hydrogens is 378 g/mol. The molecule has 0 heterocycles. The highest BCUT2D eigenvalue weighted by molar-refractivity contribution is 6.01. The molecule has 2 fully saturated rings. The molecule has 7 unspecified atom stereocenters. The van der Waals surface area contributed by atoms with Crippen molar-refractivity contribution in [1.82, 2.24) is 0 Å². The van der Waals surface area contributed by atoms with Crippen LogP contribution in [0.5, 0.6) is 0 Å². The Morgan fingerprint density at radius 2 is 2.07 bits per heavy atom. The normalized spacial score (nSPS) is 40.5. The van der Waals surface area contributed by atoms with E-state index in [0.717, 1.165) is 25.7 Å². The number of carbonyl (C=O) groups is 3. The van der Waals surface area contributed by atoms with Gasteiger partial charge in [-0.25, -0.2) is 0 Å². The summed E-state index contributed by atoms with van der Waals surface area (Å²) in [5.41, 5.74) is 7.91. The highest BCUT2D eigenvalue weighted by atomic mass is 16.5. The summed E-state index contributed by atoms with van der Waals surface area (Å²) in [4.78, 5) is 36.8. The molecule has 4 rings (SSSR count). The van der Waals surface area contributed by atoms with Gasteiger partial charge in [0, 0.05) is 11.3 Å². The van der Waals surface area contributed by atoms with Crippen molar-refractivity contribution in [2.24, 2.45) is 40.2 Å². The van der Waals surface area contributed by atoms with Crippen LogP contribution >= 0.6 is 0 Å². The minimum Gasteiger partial charge on any atom is -0.457 e. The van der Waals surface area contributed by atoms with Crippen LogP contribution in [0.3, 0.4) is 0 Å². The number of carbonyl (C=O) groups excluding carboxylic acids is 3. The second kappa shape index (κ2) is 7.30. The molecule has 0 bridgehead atoms. The van der Waals surface area contributed by atoms with Crippen LogP contribution in [0.1, 0.15) is 53.4 Å². The number of fused-ring (bicyclic) bond motifs is 5. The van der Waals surface area contributed by atoms with E-state index in [1.165, 1.54) is 11.1 Å². The van der Waals surface area contributed by atoms with Crippen molar-refractivity contribution in [2.75, 3.05) is 6.61 Å². The molecule has 4 aliphatic rings. The lowest BCUT2D eigenvalue weighted by Gasteiger charge is -2.52. The highest BCUT2D eigenvalue weighted by Gasteiger charge is 2.59. The third kappa shape index (κ3) is 3.13. The van der Waals surface area contributed by atoms with Gasteiger partial charge in [0.2, 0.25) is 0 Å². The van der Waals surface area contributed by atoms with Gasteiger partial charge in [-0.15, -0.1) is 0 Å². The molecule has 0 aromatic carbocycles. The number of Topliss-reactive ketones (excluding diaryl/α,β-unsaturated/α-hetero) is 1. The molecule has 2 N–H and O–H groups in total. The van der Waals surface area contributed by atoms with E-state index in [1.54, 1.807) is 13.0 Å². The summed E-state index contributed by atoms with van der Waals surface area (Å²) < 4.78 is 5.18. The summed E-state index contributed by atoms with van der Waals surface area (Å²) >= 11 is 0. The second-order valence-electron chi connectivity index (χ2n) is 10.3. The largest absolute Gasteiger partial charge is 0.457 e. The summed E-state index contributed by atoms with van der Waals surface area (Å²) in [6.45, 7) is 8.02. The Balaban J connectivity index is 1.60. The molecule has 0 spiro atoms. The quantitative estimate of drug-likeness (QED) is 0.565. The molecule has 30 heavy (non-hydrogen) atoms. The fourth-order valence-corrected chi connectivity index (χ4v) is 6.94. The van der Waals surface area contributed by atoms with Gasteiger partial charge < -0.3 is 10.5 Å². The van der Waals surface area contributed by atoms with Gasteiger partial charge in [-0.2, -0.15) is 0 Å². The summed E-state index contributed by atoms with van der Waals surface area (Å²) in [7, 11) is 0. The number of ketones is 2. The lowest BCUT2D eigenvalue weighted by molar-refractivity contribution is -0.151. The van der Waals surface area contributed by atoms with Crippen molar-refractivity contribution in [2.45, 2.75) is 59.4 Å². The van der Waals surface area contributed by atoms with E-state index in [4.69, 9.17) is 10.5 Å². The molecule has 2 saturated carbocycles. The Morgan fingerprint density at radius 3 is 2.77 bits per heavy atom. The first-order valence-electron chi connectivity index (χ1n) is 11.2. The Morgan fingerprint density at radius 1 is 1.33 bits per heavy atom. The Bertz CT molecular complexity index is 882. The van der Waals surface area contributed by atoms with Gasteiger partial charge in [0.1, 0.15) is 12.6 Å². The first-order chi connectivity index (χ1) is 14.1. The Labute approximate surface area is 178 Å². The van der Waals surface area contributed by atoms with Crippen molar-refractivity contribution in [3.05, 3.63) is 35.5 Å². The minimum atomic E-state index is -0.719. The van der Waals surface area contributed by atoms with E-state index in [9.17, 15) is 14.4 Å². The van der Waals surface area contributed by atoms with Gasteiger partial charge >= 0.3 is 5.97 Å². The zero-order chi connectivity index (χ0) is 21.8. The van der Waals surface area contributed by atoms with Crippen molar-refractivity contribution in [3.8, 4) is 0 Å². The smallest absolute Gasteiger partial charge is 0.323 e. The maximum atomic E-state index is 13.1. The van der Waals surface area contributed by atoms with Crippen LogP contribution in [-0.2, 0) is 19.1 Å². The molecule has 7 atom stereocenters. The number of hydrogen-bond acceptors (Lipinski definition) is 5. The summed E-state index contributed by atoms with van der Waals surface area (Å²) in [5, 5.41) is 0. The number of hydrogen-bond donors (Lipinski definition) is 1. The van der Waals surface area contributed by atoms with Crippen LogP contribution in [0.15, 0.2) is 35.5 Å². The Kier molecular flexibility index (Phi) is 5.16. The fraction of sp³-hybridized carbons (Fsp3) is 0.640. The topological polar surface area (TPSA) is 86.5 Å². The minimum absolute atomic E-state index is 0.0177. The van der Waals surface area contributed by atoms with Crippen molar-refractivity contribution in [1.29, 1.82) is 0 Å². The second-order valence-corrected chi connectivity index (χ2v) is 10.3. The van der Waals surface area contributed by atoms with Crippen LogP contribution in [0, 0.1) is 34.5 Å². The molecular formula is C25H33NO4. The average molecular weight is 412 g/mol. The van der Waals surface area contributed by atoms with Crippen LogP contribution in [0.2, 0.25) is 0 Å². The van der Waals surface area contributed by atoms with E-state index in [1.807, 2.05) is 6.08 Å². The van der Waals surface area contributed by atoms with E-state index in [0.29, 0.717) is 11.8 Å². The van der Waals surface area contributed by atoms with Gasteiger partial charge in [-0.05, 0) is 74.9 Å². The number of ether oxygens (including phenoxy) is 1. The molecule has 0 saturated heterocycles. The molecule has 0 aromatic rings. The zero-order valence-electron chi connectivity index (χ0n) is 18.4. The SMILES string of the molecule is CC(N)C(=O)OCC(=O)C1C(C)CC2C3CCC4=CC(=O)C=CC4(C)C3=CCC21C. The lowest BCUT2D eigenvalue weighted by atomic mass is 9.52. The molecule has 162 valence electrons. The fourth-order valence-electron chi connectivity index (χ4n) is 6.94. The zero-order valence-corrected chi connectivity index (χ0v) is 18.4. The lowest BCUT2D eigenvalue weighted by Crippen LogP contribution is -2.45. The van der Waals surface area contributed by atoms with Gasteiger partial charge in [0.15, 0.2) is 11.6 Å². The van der Waals surface area contributed by atoms with Crippen LogP contribution in [-0.4, -0.2) is 30.2 Å². The monoisotopic (exact) mass is 411 g/mol. The molecule has 0 radical (unpaired) electrons. The van der Waals surface area contributed by atoms with E-state index in [2.05, 4.69) is 32.9 Å². The number of rotatable bonds is 4. The molecule has 0 aliphatic heterocycles. The third-order valence-corrected chi connectivity index (χ3v) is 8.36. The van der Waals surface area contributed by atoms with Gasteiger partial charge in [0.05, 0.1) is 0 Å². The predicted octanol–water partition coefficient (Wildman–Crippen LogP) is 3.54. The van der Waals surface area contributed by atoms with Crippen LogP contribution in [0.25, 0.3) is 0 Å². The number of esters is 1. The van der Waals surface area contributed by atoms with Crippen LogP contribution in [0.4, 0.5) is 0 Å². The van der Waals surface area contributed by atoms with Gasteiger partial charge in [-0.1, -0.05) is 37.1 Å². The molecule has 4 aliphatic carbocycles. The summed E-state index contributed by atoms with van der Waals surface area (Å²) in [6.07, 6.45) is 11.8. The summed E-state index contributed by atoms with van der Waals surface area (Å²) in [6, 6.07) is -0.719. The van der Waals surface area contributed by atoms with E-state index < -0.39 is 12.0 Å². The molecule has 5 nitrogen and oxygen atoms in total. The van der Waals surface area contributed by atoms with Crippen LogP contribution < -0.4 is 5.73 Å². The van der Waals surface area contributed by atoms with Gasteiger partial charge in [0.25, 0.3) is 0 Å². The van der Waals surface area contributed by atoms with E-state index in [-0.39, 0.29) is 40.8 Å². The standard InChI is InChI=1S/C25H33NO4/c1-14-11-20-18-6-5-16-12-17(27)7-9-24(16,3)19(18)8-10-25(20,4)22(14)21(28)13-30-23(29)15(2)26/h7-9,12,14-15,18,20,22H,5-6,10-11,13,26H2,1-4H3. The summed E-state index contributed by atoms with van der Waals surface area (Å²) in [5.74, 6) is 0.565. The maximum absolute atomic E-state index is 13.1. The number of allylic oxidation sites excluding steroid dienone is 6.